The molecule has 1 heterocycles. The Labute approximate surface area is 104 Å². The van der Waals surface area contributed by atoms with Crippen LogP contribution in [0.25, 0.3) is 11.3 Å². The fourth-order valence-corrected chi connectivity index (χ4v) is 1.84. The van der Waals surface area contributed by atoms with Crippen molar-refractivity contribution < 1.29 is 0 Å². The molecule has 0 amide bonds. The van der Waals surface area contributed by atoms with Gasteiger partial charge in [-0.15, -0.1) is 6.42 Å². The highest BCUT2D eigenvalue weighted by molar-refractivity contribution is 6.36. The Morgan fingerprint density at radius 1 is 1.12 bits per heavy atom. The monoisotopic (exact) mass is 247 g/mol. The van der Waals surface area contributed by atoms with Gasteiger partial charge in [0.05, 0.1) is 10.7 Å². The van der Waals surface area contributed by atoms with Gasteiger partial charge in [0.15, 0.2) is 0 Å². The molecule has 0 aliphatic rings. The number of rotatable bonds is 1. The largest absolute Gasteiger partial charge is 0.255 e. The predicted molar refractivity (Wildman–Crippen MR) is 67.6 cm³/mol. The van der Waals surface area contributed by atoms with Gasteiger partial charge in [0.2, 0.25) is 0 Å². The summed E-state index contributed by atoms with van der Waals surface area (Å²) in [5, 5.41) is 1.18. The lowest BCUT2D eigenvalue weighted by Crippen LogP contribution is -1.85. The second-order valence-electron chi connectivity index (χ2n) is 3.20. The molecule has 1 nitrogen and oxygen atoms in total. The first-order chi connectivity index (χ1) is 7.70. The summed E-state index contributed by atoms with van der Waals surface area (Å²) in [4.78, 5) is 4.24. The molecule has 16 heavy (non-hydrogen) atoms. The van der Waals surface area contributed by atoms with Crippen molar-refractivity contribution in [2.45, 2.75) is 0 Å². The van der Waals surface area contributed by atoms with Crippen molar-refractivity contribution in [2.75, 3.05) is 0 Å². The average Bonchev–Trinajstić information content (AvgIpc) is 2.29. The standard InChI is InChI=1S/C13H7Cl2N/c1-2-9-3-6-13(16-8-9)11-5-4-10(14)7-12(11)15/h1,3-8H. The van der Waals surface area contributed by atoms with Gasteiger partial charge in [-0.25, -0.2) is 0 Å². The van der Waals surface area contributed by atoms with Gasteiger partial charge in [0.25, 0.3) is 0 Å². The van der Waals surface area contributed by atoms with Gasteiger partial charge in [0, 0.05) is 22.3 Å². The van der Waals surface area contributed by atoms with E-state index in [0.717, 1.165) is 16.8 Å². The van der Waals surface area contributed by atoms with Crippen molar-refractivity contribution >= 4 is 23.2 Å². The van der Waals surface area contributed by atoms with Crippen LogP contribution in [0.2, 0.25) is 10.0 Å². The lowest BCUT2D eigenvalue weighted by Gasteiger charge is -2.03. The van der Waals surface area contributed by atoms with E-state index in [1.165, 1.54) is 0 Å². The first kappa shape index (κ1) is 11.0. The van der Waals surface area contributed by atoms with Crippen LogP contribution in [-0.4, -0.2) is 4.98 Å². The smallest absolute Gasteiger partial charge is 0.0717 e. The lowest BCUT2D eigenvalue weighted by atomic mass is 10.1. The van der Waals surface area contributed by atoms with Crippen molar-refractivity contribution in [3.63, 3.8) is 0 Å². The molecule has 3 heteroatoms. The van der Waals surface area contributed by atoms with Crippen LogP contribution in [0.1, 0.15) is 5.56 Å². The Hall–Kier alpha value is -1.49. The van der Waals surface area contributed by atoms with Crippen LogP contribution in [0.4, 0.5) is 0 Å². The van der Waals surface area contributed by atoms with E-state index in [9.17, 15) is 0 Å². The summed E-state index contributed by atoms with van der Waals surface area (Å²) in [6.45, 7) is 0. The molecule has 0 radical (unpaired) electrons. The SMILES string of the molecule is C#Cc1ccc(-c2ccc(Cl)cc2Cl)nc1. The minimum atomic E-state index is 0.577. The zero-order valence-corrected chi connectivity index (χ0v) is 9.76. The van der Waals surface area contributed by atoms with Crippen LogP contribution >= 0.6 is 23.2 Å². The molecule has 78 valence electrons. The topological polar surface area (TPSA) is 12.9 Å². The number of hydrogen-bond donors (Lipinski definition) is 0. The van der Waals surface area contributed by atoms with Gasteiger partial charge in [-0.2, -0.15) is 0 Å². The molecule has 0 unspecified atom stereocenters. The summed E-state index contributed by atoms with van der Waals surface area (Å²) in [6.07, 6.45) is 6.89. The van der Waals surface area contributed by atoms with E-state index in [1.54, 1.807) is 18.3 Å². The van der Waals surface area contributed by atoms with E-state index in [4.69, 9.17) is 29.6 Å². The first-order valence-electron chi connectivity index (χ1n) is 4.59. The van der Waals surface area contributed by atoms with E-state index in [0.29, 0.717) is 10.0 Å². The molecule has 0 saturated carbocycles. The number of halogens is 2. The van der Waals surface area contributed by atoms with Crippen LogP contribution in [0.3, 0.4) is 0 Å². The average molecular weight is 248 g/mol. The van der Waals surface area contributed by atoms with Crippen molar-refractivity contribution in [2.24, 2.45) is 0 Å². The van der Waals surface area contributed by atoms with Crippen LogP contribution in [0.15, 0.2) is 36.5 Å². The molecule has 2 aromatic rings. The third-order valence-electron chi connectivity index (χ3n) is 2.14. The number of terminal acetylenes is 1. The van der Waals surface area contributed by atoms with Crippen molar-refractivity contribution in [1.29, 1.82) is 0 Å². The Bertz CT molecular complexity index is 553. The van der Waals surface area contributed by atoms with Crippen molar-refractivity contribution in [3.8, 4) is 23.6 Å². The molecule has 0 spiro atoms. The van der Waals surface area contributed by atoms with Gasteiger partial charge >= 0.3 is 0 Å². The molecule has 0 bridgehead atoms. The maximum Gasteiger partial charge on any atom is 0.0717 e. The highest BCUT2D eigenvalue weighted by atomic mass is 35.5. The van der Waals surface area contributed by atoms with Crippen LogP contribution in [-0.2, 0) is 0 Å². The molecule has 0 N–H and O–H groups in total. The third-order valence-corrected chi connectivity index (χ3v) is 2.69. The molecule has 0 saturated heterocycles. The van der Waals surface area contributed by atoms with Gasteiger partial charge in [-0.3, -0.25) is 4.98 Å². The maximum atomic E-state index is 6.07. The highest BCUT2D eigenvalue weighted by Crippen LogP contribution is 2.28. The van der Waals surface area contributed by atoms with Gasteiger partial charge in [0.1, 0.15) is 0 Å². The highest BCUT2D eigenvalue weighted by Gasteiger charge is 2.04. The molecule has 1 aromatic heterocycles. The Morgan fingerprint density at radius 2 is 1.94 bits per heavy atom. The van der Waals surface area contributed by atoms with Gasteiger partial charge in [-0.05, 0) is 30.3 Å². The van der Waals surface area contributed by atoms with E-state index in [1.807, 2.05) is 18.2 Å². The summed E-state index contributed by atoms with van der Waals surface area (Å²) in [7, 11) is 0. The quantitative estimate of drug-likeness (QED) is 0.694. The molecular formula is C13H7Cl2N. The molecule has 0 aliphatic heterocycles. The first-order valence-corrected chi connectivity index (χ1v) is 5.34. The van der Waals surface area contributed by atoms with Crippen LogP contribution < -0.4 is 0 Å². The Morgan fingerprint density at radius 3 is 2.50 bits per heavy atom. The minimum Gasteiger partial charge on any atom is -0.255 e. The number of benzene rings is 1. The summed E-state index contributed by atoms with van der Waals surface area (Å²) < 4.78 is 0. The van der Waals surface area contributed by atoms with Gasteiger partial charge in [-0.1, -0.05) is 29.1 Å². The van der Waals surface area contributed by atoms with E-state index < -0.39 is 0 Å². The Kier molecular flexibility index (Phi) is 3.14. The zero-order chi connectivity index (χ0) is 11.5. The van der Waals surface area contributed by atoms with Crippen molar-refractivity contribution in [1.82, 2.24) is 4.98 Å². The molecular weight excluding hydrogens is 241 g/mol. The molecule has 1 aromatic carbocycles. The molecule has 0 fully saturated rings. The summed E-state index contributed by atoms with van der Waals surface area (Å²) in [5.41, 5.74) is 2.36. The normalized spacial score (nSPS) is 9.81. The fraction of sp³-hybridized carbons (Fsp3) is 0. The number of aromatic nitrogens is 1. The summed E-state index contributed by atoms with van der Waals surface area (Å²) in [5.74, 6) is 2.51. The van der Waals surface area contributed by atoms with Crippen molar-refractivity contribution in [3.05, 3.63) is 52.1 Å². The summed E-state index contributed by atoms with van der Waals surface area (Å²) >= 11 is 11.9. The predicted octanol–water partition coefficient (Wildman–Crippen LogP) is 4.04. The van der Waals surface area contributed by atoms with Gasteiger partial charge < -0.3 is 0 Å². The van der Waals surface area contributed by atoms with Crippen LogP contribution in [0.5, 0.6) is 0 Å². The number of hydrogen-bond acceptors (Lipinski definition) is 1. The third kappa shape index (κ3) is 2.19. The number of nitrogens with zero attached hydrogens (tertiary/aromatic N) is 1. The molecule has 0 aliphatic carbocycles. The minimum absolute atomic E-state index is 0.577. The van der Waals surface area contributed by atoms with Crippen LogP contribution in [0, 0.1) is 12.3 Å². The fourth-order valence-electron chi connectivity index (χ4n) is 1.34. The zero-order valence-electron chi connectivity index (χ0n) is 8.24. The Balaban J connectivity index is 2.47. The second kappa shape index (κ2) is 4.57. The van der Waals surface area contributed by atoms with E-state index in [2.05, 4.69) is 10.9 Å². The van der Waals surface area contributed by atoms with E-state index in [-0.39, 0.29) is 0 Å². The lowest BCUT2D eigenvalue weighted by molar-refractivity contribution is 1.31. The van der Waals surface area contributed by atoms with E-state index >= 15 is 0 Å². The molecule has 2 rings (SSSR count). The second-order valence-corrected chi connectivity index (χ2v) is 4.04. The summed E-state index contributed by atoms with van der Waals surface area (Å²) in [6, 6.07) is 8.97. The number of pyridine rings is 1. The maximum absolute atomic E-state index is 6.07. The molecule has 0 atom stereocenters.